The zero-order valence-corrected chi connectivity index (χ0v) is 10.5. The molecule has 0 atom stereocenters. The molecule has 2 aromatic heterocycles. The van der Waals surface area contributed by atoms with E-state index in [1.165, 1.54) is 22.0 Å². The third kappa shape index (κ3) is 1.93. The molecular weight excluding hydrogens is 266 g/mol. The van der Waals surface area contributed by atoms with Gasteiger partial charge in [-0.05, 0) is 12.1 Å². The van der Waals surface area contributed by atoms with Crippen LogP contribution in [0.1, 0.15) is 15.2 Å². The molecule has 2 heterocycles. The van der Waals surface area contributed by atoms with E-state index in [0.717, 1.165) is 4.88 Å². The van der Waals surface area contributed by atoms with Crippen molar-refractivity contribution in [2.24, 2.45) is 0 Å². The summed E-state index contributed by atoms with van der Waals surface area (Å²) < 4.78 is 1.51. The minimum absolute atomic E-state index is 0.0951. The quantitative estimate of drug-likeness (QED) is 0.758. The number of carbonyl (C=O) groups is 1. The minimum atomic E-state index is -1.06. The molecule has 0 amide bonds. The van der Waals surface area contributed by atoms with Crippen LogP contribution in [0.4, 0.5) is 0 Å². The van der Waals surface area contributed by atoms with E-state index >= 15 is 0 Å². The molecule has 1 aromatic carbocycles. The van der Waals surface area contributed by atoms with Crippen LogP contribution in [0.3, 0.4) is 0 Å². The van der Waals surface area contributed by atoms with Gasteiger partial charge in [-0.1, -0.05) is 6.07 Å². The third-order valence-corrected chi connectivity index (χ3v) is 3.60. The molecule has 0 saturated carbocycles. The highest BCUT2D eigenvalue weighted by atomic mass is 32.1. The number of hydrogen-bond donors (Lipinski definition) is 2. The maximum Gasteiger partial charge on any atom is 0.337 e. The molecule has 0 aliphatic heterocycles. The predicted octanol–water partition coefficient (Wildman–Crippen LogP) is 1.53. The molecule has 0 fully saturated rings. The summed E-state index contributed by atoms with van der Waals surface area (Å²) >= 11 is 1.45. The van der Waals surface area contributed by atoms with Crippen LogP contribution in [-0.4, -0.2) is 25.6 Å². The number of aromatic carboxylic acids is 1. The number of nitrogens with zero attached hydrogens (tertiary/aromatic N) is 2. The zero-order valence-electron chi connectivity index (χ0n) is 9.66. The number of rotatable bonds is 3. The highest BCUT2D eigenvalue weighted by Crippen LogP contribution is 2.17. The van der Waals surface area contributed by atoms with Crippen molar-refractivity contribution in [3.63, 3.8) is 0 Å². The lowest BCUT2D eigenvalue weighted by atomic mass is 10.2. The number of fused-ring (bicyclic) bond motifs is 1. The number of benzene rings is 1. The predicted molar refractivity (Wildman–Crippen MR) is 70.7 cm³/mol. The average molecular weight is 275 g/mol. The summed E-state index contributed by atoms with van der Waals surface area (Å²) in [5.74, 6) is -1.06. The Kier molecular flexibility index (Phi) is 2.68. The monoisotopic (exact) mass is 275 g/mol. The maximum atomic E-state index is 11.9. The van der Waals surface area contributed by atoms with Gasteiger partial charge in [-0.3, -0.25) is 9.55 Å². The number of carboxylic acids is 1. The Hall–Kier alpha value is -2.41. The van der Waals surface area contributed by atoms with Crippen LogP contribution >= 0.6 is 11.3 Å². The number of aromatic nitrogens is 3. The SMILES string of the molecule is O=C(O)c1cccc2c1[nH]c(=O)n2Cc1cncs1. The Bertz CT molecular complexity index is 801. The summed E-state index contributed by atoms with van der Waals surface area (Å²) in [6, 6.07) is 4.82. The summed E-state index contributed by atoms with van der Waals surface area (Å²) in [6.07, 6.45) is 1.69. The molecule has 0 bridgehead atoms. The lowest BCUT2D eigenvalue weighted by Gasteiger charge is -2.01. The molecule has 0 unspecified atom stereocenters. The molecule has 19 heavy (non-hydrogen) atoms. The van der Waals surface area contributed by atoms with Crippen LogP contribution in [0.25, 0.3) is 11.0 Å². The Morgan fingerprint density at radius 3 is 3.00 bits per heavy atom. The second-order valence-corrected chi connectivity index (χ2v) is 4.96. The topological polar surface area (TPSA) is 88.0 Å². The first-order valence-corrected chi connectivity index (χ1v) is 6.37. The fraction of sp³-hybridized carbons (Fsp3) is 0.0833. The van der Waals surface area contributed by atoms with Crippen LogP contribution in [-0.2, 0) is 6.54 Å². The van der Waals surface area contributed by atoms with Crippen molar-refractivity contribution in [2.75, 3.05) is 0 Å². The second kappa shape index (κ2) is 4.36. The number of thiazole rings is 1. The Morgan fingerprint density at radius 1 is 1.47 bits per heavy atom. The average Bonchev–Trinajstić information content (AvgIpc) is 2.98. The lowest BCUT2D eigenvalue weighted by molar-refractivity contribution is 0.0699. The molecule has 3 rings (SSSR count). The van der Waals surface area contributed by atoms with Gasteiger partial charge in [-0.2, -0.15) is 0 Å². The van der Waals surface area contributed by atoms with E-state index in [-0.39, 0.29) is 11.3 Å². The number of nitrogens with one attached hydrogen (secondary N) is 1. The molecule has 0 saturated heterocycles. The lowest BCUT2D eigenvalue weighted by Crippen LogP contribution is -2.16. The van der Waals surface area contributed by atoms with E-state index in [1.807, 2.05) is 0 Å². The summed E-state index contributed by atoms with van der Waals surface area (Å²) in [5, 5.41) is 9.10. The number of H-pyrrole nitrogens is 1. The van der Waals surface area contributed by atoms with Gasteiger partial charge in [-0.25, -0.2) is 9.59 Å². The van der Waals surface area contributed by atoms with Crippen molar-refractivity contribution in [3.05, 3.63) is 50.8 Å². The van der Waals surface area contributed by atoms with Crippen LogP contribution in [0.2, 0.25) is 0 Å². The summed E-state index contributed by atoms with van der Waals surface area (Å²) in [7, 11) is 0. The summed E-state index contributed by atoms with van der Waals surface area (Å²) in [6.45, 7) is 0.382. The van der Waals surface area contributed by atoms with Gasteiger partial charge >= 0.3 is 11.7 Å². The zero-order chi connectivity index (χ0) is 13.4. The Balaban J connectivity index is 2.20. The Morgan fingerprint density at radius 2 is 2.32 bits per heavy atom. The minimum Gasteiger partial charge on any atom is -0.478 e. The van der Waals surface area contributed by atoms with E-state index in [0.29, 0.717) is 17.6 Å². The van der Waals surface area contributed by atoms with Gasteiger partial charge < -0.3 is 10.1 Å². The van der Waals surface area contributed by atoms with Crippen molar-refractivity contribution >= 4 is 28.3 Å². The van der Waals surface area contributed by atoms with Crippen molar-refractivity contribution < 1.29 is 9.90 Å². The number of aromatic amines is 1. The van der Waals surface area contributed by atoms with Gasteiger partial charge in [0.05, 0.1) is 28.7 Å². The van der Waals surface area contributed by atoms with E-state index in [1.54, 1.807) is 23.8 Å². The van der Waals surface area contributed by atoms with Crippen molar-refractivity contribution in [1.29, 1.82) is 0 Å². The largest absolute Gasteiger partial charge is 0.478 e. The van der Waals surface area contributed by atoms with Gasteiger partial charge in [0.25, 0.3) is 0 Å². The number of para-hydroxylation sites is 1. The molecule has 7 heteroatoms. The van der Waals surface area contributed by atoms with Crippen LogP contribution in [0.15, 0.2) is 34.7 Å². The van der Waals surface area contributed by atoms with Crippen LogP contribution in [0.5, 0.6) is 0 Å². The van der Waals surface area contributed by atoms with Crippen molar-refractivity contribution in [1.82, 2.24) is 14.5 Å². The number of hydrogen-bond acceptors (Lipinski definition) is 4. The number of carboxylic acid groups (broad SMARTS) is 1. The van der Waals surface area contributed by atoms with E-state index in [9.17, 15) is 9.59 Å². The normalized spacial score (nSPS) is 10.9. The molecule has 96 valence electrons. The molecular formula is C12H9N3O3S. The first-order valence-electron chi connectivity index (χ1n) is 5.49. The van der Waals surface area contributed by atoms with Gasteiger partial charge in [0.1, 0.15) is 0 Å². The van der Waals surface area contributed by atoms with Gasteiger partial charge in [0.15, 0.2) is 0 Å². The molecule has 3 aromatic rings. The van der Waals surface area contributed by atoms with Gasteiger partial charge in [0.2, 0.25) is 0 Å². The van der Waals surface area contributed by atoms with E-state index < -0.39 is 5.97 Å². The van der Waals surface area contributed by atoms with Crippen LogP contribution < -0.4 is 5.69 Å². The molecule has 2 N–H and O–H groups in total. The molecule has 0 aliphatic carbocycles. The molecule has 0 spiro atoms. The standard InChI is InChI=1S/C12H9N3O3S/c16-11(17)8-2-1-3-9-10(8)14-12(18)15(9)5-7-4-13-6-19-7/h1-4,6H,5H2,(H,14,18)(H,16,17). The smallest absolute Gasteiger partial charge is 0.337 e. The van der Waals surface area contributed by atoms with Crippen molar-refractivity contribution in [3.8, 4) is 0 Å². The first-order chi connectivity index (χ1) is 9.16. The highest BCUT2D eigenvalue weighted by molar-refractivity contribution is 7.09. The van der Waals surface area contributed by atoms with Crippen molar-refractivity contribution in [2.45, 2.75) is 6.54 Å². The molecule has 0 aliphatic rings. The van der Waals surface area contributed by atoms with E-state index in [2.05, 4.69) is 9.97 Å². The first kappa shape index (κ1) is 11.7. The van der Waals surface area contributed by atoms with Crippen LogP contribution in [0, 0.1) is 0 Å². The summed E-state index contributed by atoms with van der Waals surface area (Å²) in [4.78, 5) is 30.5. The van der Waals surface area contributed by atoms with Gasteiger partial charge in [0, 0.05) is 11.1 Å². The second-order valence-electron chi connectivity index (χ2n) is 3.99. The fourth-order valence-electron chi connectivity index (χ4n) is 1.99. The number of imidazole rings is 1. The fourth-order valence-corrected chi connectivity index (χ4v) is 2.57. The third-order valence-electron chi connectivity index (χ3n) is 2.84. The molecule has 0 radical (unpaired) electrons. The van der Waals surface area contributed by atoms with E-state index in [4.69, 9.17) is 5.11 Å². The summed E-state index contributed by atoms with van der Waals surface area (Å²) in [5.41, 5.74) is 2.40. The highest BCUT2D eigenvalue weighted by Gasteiger charge is 2.14. The Labute approximate surface area is 111 Å². The van der Waals surface area contributed by atoms with Gasteiger partial charge in [-0.15, -0.1) is 11.3 Å². The maximum absolute atomic E-state index is 11.9. The molecule has 6 nitrogen and oxygen atoms in total.